The Morgan fingerprint density at radius 2 is 1.86 bits per heavy atom. The lowest BCUT2D eigenvalue weighted by Crippen LogP contribution is -2.38. The summed E-state index contributed by atoms with van der Waals surface area (Å²) in [6.45, 7) is 4.25. The zero-order valence-corrected chi connectivity index (χ0v) is 22.1. The Kier molecular flexibility index (Phi) is 8.52. The molecule has 2 aliphatic rings. The fourth-order valence-electron chi connectivity index (χ4n) is 5.17. The molecule has 0 bridgehead atoms. The highest BCUT2D eigenvalue weighted by Crippen LogP contribution is 2.49. The van der Waals surface area contributed by atoms with Crippen molar-refractivity contribution >= 4 is 29.2 Å². The average Bonchev–Trinajstić information content (AvgIpc) is 2.90. The largest absolute Gasteiger partial charge is 0.497 e. The summed E-state index contributed by atoms with van der Waals surface area (Å²) in [6.07, 6.45) is 1.02. The second-order valence-corrected chi connectivity index (χ2v) is 10.4. The smallest absolute Gasteiger partial charge is 0.315 e. The molecule has 1 aliphatic carbocycles. The molecule has 0 amide bonds. The molecule has 0 fully saturated rings. The van der Waals surface area contributed by atoms with Crippen molar-refractivity contribution in [2.45, 2.75) is 38.5 Å². The summed E-state index contributed by atoms with van der Waals surface area (Å²) in [6, 6.07) is 15.6. The third kappa shape index (κ3) is 5.36. The molecule has 3 atom stereocenters. The molecular formula is C29H33NO5S. The minimum atomic E-state index is -0.699. The van der Waals surface area contributed by atoms with Gasteiger partial charge in [-0.1, -0.05) is 43.3 Å². The molecular weight excluding hydrogens is 474 g/mol. The molecule has 0 radical (unpaired) electrons. The first-order valence-electron chi connectivity index (χ1n) is 12.3. The molecule has 0 N–H and O–H groups in total. The van der Waals surface area contributed by atoms with Crippen molar-refractivity contribution in [3.8, 4) is 11.5 Å². The topological polar surface area (TPSA) is 74.2 Å². The third-order valence-electron chi connectivity index (χ3n) is 6.87. The van der Waals surface area contributed by atoms with Crippen LogP contribution in [0.25, 0.3) is 0 Å². The van der Waals surface area contributed by atoms with Crippen LogP contribution in [0.3, 0.4) is 0 Å². The Labute approximate surface area is 217 Å². The number of esters is 1. The number of benzene rings is 2. The maximum Gasteiger partial charge on any atom is 0.315 e. The Hall–Kier alpha value is -3.06. The summed E-state index contributed by atoms with van der Waals surface area (Å²) in [7, 11) is 3.18. The first kappa shape index (κ1) is 26.0. The highest BCUT2D eigenvalue weighted by molar-refractivity contribution is 7.99. The highest BCUT2D eigenvalue weighted by Gasteiger charge is 2.45. The molecule has 0 saturated carbocycles. The van der Waals surface area contributed by atoms with Gasteiger partial charge in [-0.15, -0.1) is 0 Å². The van der Waals surface area contributed by atoms with Gasteiger partial charge in [0.05, 0.1) is 14.2 Å². The number of ketones is 1. The first-order valence-corrected chi connectivity index (χ1v) is 13.5. The summed E-state index contributed by atoms with van der Waals surface area (Å²) < 4.78 is 16.8. The monoisotopic (exact) mass is 507 g/mol. The molecule has 0 spiro atoms. The highest BCUT2D eigenvalue weighted by atomic mass is 32.2. The lowest BCUT2D eigenvalue weighted by Gasteiger charge is -2.37. The summed E-state index contributed by atoms with van der Waals surface area (Å²) >= 11 is 1.72. The Morgan fingerprint density at radius 3 is 2.56 bits per heavy atom. The molecule has 36 heavy (non-hydrogen) atoms. The Bertz CT molecular complexity index is 1170. The van der Waals surface area contributed by atoms with Crippen molar-refractivity contribution in [1.29, 1.82) is 0 Å². The van der Waals surface area contributed by atoms with E-state index in [9.17, 15) is 9.59 Å². The number of hydrogen-bond acceptors (Lipinski definition) is 7. The molecule has 2 aromatic carbocycles. The maximum absolute atomic E-state index is 13.7. The molecule has 2 aromatic rings. The minimum Gasteiger partial charge on any atom is -0.497 e. The maximum atomic E-state index is 13.7. The van der Waals surface area contributed by atoms with Gasteiger partial charge >= 0.3 is 5.97 Å². The van der Waals surface area contributed by atoms with Crippen molar-refractivity contribution in [1.82, 2.24) is 0 Å². The number of methoxy groups -OCH3 is 2. The summed E-state index contributed by atoms with van der Waals surface area (Å²) in [5, 5.41) is 0. The number of carbonyl (C=O) groups is 2. The van der Waals surface area contributed by atoms with Gasteiger partial charge in [0.2, 0.25) is 0 Å². The van der Waals surface area contributed by atoms with Gasteiger partial charge in [0.25, 0.3) is 0 Å². The molecule has 7 heteroatoms. The van der Waals surface area contributed by atoms with E-state index in [0.717, 1.165) is 28.3 Å². The zero-order chi connectivity index (χ0) is 25.7. The van der Waals surface area contributed by atoms with E-state index in [4.69, 9.17) is 19.2 Å². The summed E-state index contributed by atoms with van der Waals surface area (Å²) in [5.74, 6) is 1.38. The average molecular weight is 508 g/mol. The van der Waals surface area contributed by atoms with Gasteiger partial charge in [-0.25, -0.2) is 0 Å². The van der Waals surface area contributed by atoms with Crippen molar-refractivity contribution < 1.29 is 23.8 Å². The molecule has 4 rings (SSSR count). The van der Waals surface area contributed by atoms with Gasteiger partial charge in [-0.05, 0) is 36.6 Å². The quantitative estimate of drug-likeness (QED) is 0.326. The summed E-state index contributed by atoms with van der Waals surface area (Å²) in [5.41, 5.74) is 3.90. The van der Waals surface area contributed by atoms with Gasteiger partial charge in [0.15, 0.2) is 5.78 Å². The van der Waals surface area contributed by atoms with Crippen LogP contribution in [-0.2, 0) is 14.3 Å². The minimum absolute atomic E-state index is 0.0172. The number of aliphatic imine (C=N–C) groups is 1. The Morgan fingerprint density at radius 1 is 1.08 bits per heavy atom. The fourth-order valence-corrected chi connectivity index (χ4v) is 5.66. The Balaban J connectivity index is 1.77. The van der Waals surface area contributed by atoms with Crippen molar-refractivity contribution in [3.05, 3.63) is 70.9 Å². The van der Waals surface area contributed by atoms with E-state index in [0.29, 0.717) is 42.2 Å². The number of thioether (sulfide) groups is 1. The van der Waals surface area contributed by atoms with E-state index in [1.807, 2.05) is 37.3 Å². The molecule has 6 nitrogen and oxygen atoms in total. The first-order chi connectivity index (χ1) is 17.5. The lowest BCUT2D eigenvalue weighted by molar-refractivity contribution is -0.145. The van der Waals surface area contributed by atoms with E-state index < -0.39 is 11.8 Å². The molecule has 1 heterocycles. The predicted octanol–water partition coefficient (Wildman–Crippen LogP) is 5.58. The second kappa shape index (κ2) is 11.8. The van der Waals surface area contributed by atoms with E-state index in [1.165, 1.54) is 0 Å². The molecule has 0 aromatic heterocycles. The van der Waals surface area contributed by atoms with Crippen LogP contribution in [-0.4, -0.2) is 49.8 Å². The van der Waals surface area contributed by atoms with Crippen LogP contribution in [0.4, 0.5) is 0 Å². The fraction of sp³-hybridized carbons (Fsp3) is 0.414. The van der Waals surface area contributed by atoms with Crippen LogP contribution in [0.2, 0.25) is 0 Å². The molecule has 1 aliphatic heterocycles. The second-order valence-electron chi connectivity index (χ2n) is 8.98. The summed E-state index contributed by atoms with van der Waals surface area (Å²) in [4.78, 5) is 32.0. The number of nitrogens with zero attached hydrogens (tertiary/aromatic N) is 1. The van der Waals surface area contributed by atoms with Crippen LogP contribution in [0.5, 0.6) is 11.5 Å². The number of Topliss-reactive ketones (excluding diaryl/α,β-unsaturated/α-hetero) is 1. The SMILES string of the molecule is CCSCCOC(=O)C1C(C)=NC2=C(C(=O)C[C@H](c3ccccc3)C2)[C@H]1c1ccc(OC)cc1OC. The van der Waals surface area contributed by atoms with Crippen molar-refractivity contribution in [3.63, 3.8) is 0 Å². The van der Waals surface area contributed by atoms with Crippen molar-refractivity contribution in [2.24, 2.45) is 10.9 Å². The van der Waals surface area contributed by atoms with Gasteiger partial charge in [-0.2, -0.15) is 11.8 Å². The van der Waals surface area contributed by atoms with Crippen LogP contribution in [0.15, 0.2) is 64.8 Å². The molecule has 1 unspecified atom stereocenters. The normalized spacial score (nSPS) is 21.5. The van der Waals surface area contributed by atoms with E-state index in [-0.39, 0.29) is 17.7 Å². The number of hydrogen-bond donors (Lipinski definition) is 0. The van der Waals surface area contributed by atoms with Crippen LogP contribution >= 0.6 is 11.8 Å². The van der Waals surface area contributed by atoms with E-state index >= 15 is 0 Å². The number of carbonyl (C=O) groups excluding carboxylic acids is 2. The van der Waals surface area contributed by atoms with Crippen LogP contribution in [0, 0.1) is 5.92 Å². The van der Waals surface area contributed by atoms with Gasteiger partial charge in [0.1, 0.15) is 24.0 Å². The number of rotatable bonds is 9. The van der Waals surface area contributed by atoms with Crippen LogP contribution < -0.4 is 9.47 Å². The number of allylic oxidation sites excluding steroid dienone is 2. The molecule has 0 saturated heterocycles. The van der Waals surface area contributed by atoms with E-state index in [2.05, 4.69) is 19.1 Å². The van der Waals surface area contributed by atoms with E-state index in [1.54, 1.807) is 32.0 Å². The predicted molar refractivity (Wildman–Crippen MR) is 143 cm³/mol. The van der Waals surface area contributed by atoms with Crippen molar-refractivity contribution in [2.75, 3.05) is 32.3 Å². The van der Waals surface area contributed by atoms with Gasteiger partial charge in [0, 0.05) is 46.7 Å². The number of ether oxygens (including phenoxy) is 3. The standard InChI is InChI=1S/C29H33NO5S/c1-5-36-14-13-35-29(32)26-18(2)30-23-15-20(19-9-7-6-8-10-19)16-24(31)28(23)27(26)22-12-11-21(33-3)17-25(22)34-4/h6-12,17,20,26-27H,5,13-16H2,1-4H3/t20-,26?,27+/m1/s1. The van der Waals surface area contributed by atoms with Gasteiger partial charge in [-0.3, -0.25) is 14.6 Å². The zero-order valence-electron chi connectivity index (χ0n) is 21.3. The van der Waals surface area contributed by atoms with Gasteiger partial charge < -0.3 is 14.2 Å². The third-order valence-corrected chi connectivity index (χ3v) is 7.73. The molecule has 190 valence electrons. The van der Waals surface area contributed by atoms with Crippen LogP contribution in [0.1, 0.15) is 49.7 Å². The lowest BCUT2D eigenvalue weighted by atomic mass is 9.69.